The number of rotatable bonds is 3. The van der Waals surface area contributed by atoms with Gasteiger partial charge in [0.15, 0.2) is 0 Å². The van der Waals surface area contributed by atoms with Gasteiger partial charge in [0.1, 0.15) is 0 Å². The first kappa shape index (κ1) is 22.9. The van der Waals surface area contributed by atoms with E-state index in [4.69, 9.17) is 9.97 Å². The molecule has 5 aromatic carbocycles. The molecule has 0 saturated carbocycles. The average Bonchev–Trinajstić information content (AvgIpc) is 3.50. The number of hydrogen-bond acceptors (Lipinski definition) is 2. The van der Waals surface area contributed by atoms with Crippen LogP contribution in [0.25, 0.3) is 73.1 Å². The highest BCUT2D eigenvalue weighted by Gasteiger charge is 2.22. The van der Waals surface area contributed by atoms with Crippen LogP contribution in [0.4, 0.5) is 0 Å². The van der Waals surface area contributed by atoms with Crippen LogP contribution in [-0.2, 0) is 0 Å². The topological polar surface area (TPSA) is 30.7 Å². The van der Waals surface area contributed by atoms with Gasteiger partial charge < -0.3 is 0 Å². The van der Waals surface area contributed by atoms with E-state index in [-0.39, 0.29) is 5.41 Å². The van der Waals surface area contributed by atoms with E-state index in [9.17, 15) is 0 Å². The molecule has 1 aliphatic carbocycles. The summed E-state index contributed by atoms with van der Waals surface area (Å²) >= 11 is 0. The maximum Gasteiger partial charge on any atom is 0.235 e. The summed E-state index contributed by atoms with van der Waals surface area (Å²) in [6.07, 6.45) is 4.56. The van der Waals surface area contributed by atoms with Crippen LogP contribution in [0.2, 0.25) is 0 Å². The second-order valence-corrected chi connectivity index (χ2v) is 11.3. The summed E-state index contributed by atoms with van der Waals surface area (Å²) in [5, 5.41) is 7.02. The summed E-state index contributed by atoms with van der Waals surface area (Å²) in [4.78, 5) is 10.5. The first-order valence-electron chi connectivity index (χ1n) is 13.8. The monoisotopic (exact) mass is 513 g/mol. The minimum absolute atomic E-state index is 0.0919. The molecule has 0 aliphatic heterocycles. The lowest BCUT2D eigenvalue weighted by Crippen LogP contribution is -2.30. The molecule has 8 rings (SSSR count). The number of aromatic nitrogens is 3. The third kappa shape index (κ3) is 3.51. The standard InChI is InChI=1S/C37H27N3/c1-37(2)22-30-31(23-37)38-36(39-35(30)27-18-16-25(17-19-27)24-10-4-3-5-11-24)40-32-15-9-8-14-29(32)34-28-13-7-6-12-26(28)20-21-33(34)40/h3-23H,1-2H3. The first-order valence-corrected chi connectivity index (χ1v) is 13.8. The highest BCUT2D eigenvalue weighted by molar-refractivity contribution is 6.21. The van der Waals surface area contributed by atoms with Crippen LogP contribution in [-0.4, -0.2) is 14.5 Å². The van der Waals surface area contributed by atoms with E-state index in [1.165, 1.54) is 32.7 Å². The molecule has 190 valence electrons. The molecule has 2 heterocycles. The highest BCUT2D eigenvalue weighted by Crippen LogP contribution is 2.36. The van der Waals surface area contributed by atoms with Crippen LogP contribution in [0.1, 0.15) is 13.8 Å². The van der Waals surface area contributed by atoms with Crippen molar-refractivity contribution < 1.29 is 0 Å². The predicted molar refractivity (Wildman–Crippen MR) is 167 cm³/mol. The van der Waals surface area contributed by atoms with Crippen molar-refractivity contribution >= 4 is 44.7 Å². The van der Waals surface area contributed by atoms with Crippen molar-refractivity contribution in [2.24, 2.45) is 5.41 Å². The Morgan fingerprint density at radius 2 is 1.23 bits per heavy atom. The summed E-state index contributed by atoms with van der Waals surface area (Å²) in [6.45, 7) is 4.45. The van der Waals surface area contributed by atoms with Crippen molar-refractivity contribution in [3.05, 3.63) is 126 Å². The third-order valence-electron chi connectivity index (χ3n) is 8.02. The second kappa shape index (κ2) is 8.49. The van der Waals surface area contributed by atoms with E-state index in [1.54, 1.807) is 0 Å². The van der Waals surface area contributed by atoms with Gasteiger partial charge in [-0.2, -0.15) is 0 Å². The molecular formula is C37H27N3. The highest BCUT2D eigenvalue weighted by atomic mass is 15.2. The predicted octanol–water partition coefficient (Wildman–Crippen LogP) is 7.66. The number of benzene rings is 5. The second-order valence-electron chi connectivity index (χ2n) is 11.3. The molecule has 1 aliphatic rings. The van der Waals surface area contributed by atoms with E-state index in [0.717, 1.165) is 32.9 Å². The van der Waals surface area contributed by atoms with Gasteiger partial charge in [-0.3, -0.25) is 4.57 Å². The van der Waals surface area contributed by atoms with Crippen LogP contribution in [0, 0.1) is 5.41 Å². The quantitative estimate of drug-likeness (QED) is 0.243. The van der Waals surface area contributed by atoms with Crippen molar-refractivity contribution in [2.45, 2.75) is 13.8 Å². The van der Waals surface area contributed by atoms with E-state index in [2.05, 4.69) is 146 Å². The fourth-order valence-electron chi connectivity index (χ4n) is 6.22. The van der Waals surface area contributed by atoms with Crippen molar-refractivity contribution in [1.82, 2.24) is 14.5 Å². The Labute approximate surface area is 232 Å². The lowest BCUT2D eigenvalue weighted by molar-refractivity contribution is 0.723. The summed E-state index contributed by atoms with van der Waals surface area (Å²) in [7, 11) is 0. The maximum absolute atomic E-state index is 5.31. The summed E-state index contributed by atoms with van der Waals surface area (Å²) < 4.78 is 2.23. The van der Waals surface area contributed by atoms with Gasteiger partial charge in [-0.05, 0) is 40.1 Å². The zero-order chi connectivity index (χ0) is 26.8. The van der Waals surface area contributed by atoms with Crippen LogP contribution in [0.5, 0.6) is 0 Å². The van der Waals surface area contributed by atoms with E-state index in [1.807, 2.05) is 0 Å². The molecule has 2 aromatic heterocycles. The summed E-state index contributed by atoms with van der Waals surface area (Å²) in [5.74, 6) is 0.699. The average molecular weight is 514 g/mol. The first-order chi connectivity index (χ1) is 19.6. The van der Waals surface area contributed by atoms with Gasteiger partial charge in [0.25, 0.3) is 0 Å². The minimum atomic E-state index is -0.0919. The number of fused-ring (bicyclic) bond motifs is 6. The largest absolute Gasteiger partial charge is 0.278 e. The fraction of sp³-hybridized carbons (Fsp3) is 0.0811. The van der Waals surface area contributed by atoms with Crippen LogP contribution < -0.4 is 10.6 Å². The molecule has 3 heteroatoms. The molecule has 0 unspecified atom stereocenters. The van der Waals surface area contributed by atoms with E-state index in [0.29, 0.717) is 5.95 Å². The van der Waals surface area contributed by atoms with Gasteiger partial charge in [-0.1, -0.05) is 123 Å². The molecule has 40 heavy (non-hydrogen) atoms. The fourth-order valence-corrected chi connectivity index (χ4v) is 6.22. The third-order valence-corrected chi connectivity index (χ3v) is 8.02. The van der Waals surface area contributed by atoms with Crippen molar-refractivity contribution in [2.75, 3.05) is 0 Å². The Bertz CT molecular complexity index is 2220. The normalized spacial score (nSPS) is 13.8. The van der Waals surface area contributed by atoms with Crippen LogP contribution in [0.15, 0.2) is 115 Å². The summed E-state index contributed by atoms with van der Waals surface area (Å²) in [5.41, 5.74) is 6.60. The van der Waals surface area contributed by atoms with Crippen LogP contribution >= 0.6 is 0 Å². The molecule has 0 N–H and O–H groups in total. The zero-order valence-corrected chi connectivity index (χ0v) is 22.5. The Kier molecular flexibility index (Phi) is 4.86. The molecule has 0 spiro atoms. The number of hydrogen-bond donors (Lipinski definition) is 0. The Balaban J connectivity index is 1.41. The molecule has 0 fully saturated rings. The molecule has 0 bridgehead atoms. The molecular weight excluding hydrogens is 486 g/mol. The lowest BCUT2D eigenvalue weighted by atomic mass is 9.95. The van der Waals surface area contributed by atoms with Gasteiger partial charge in [0.05, 0.1) is 22.1 Å². The molecule has 0 amide bonds. The van der Waals surface area contributed by atoms with Crippen molar-refractivity contribution in [3.8, 4) is 28.3 Å². The minimum Gasteiger partial charge on any atom is -0.278 e. The SMILES string of the molecule is CC1(C)C=c2nc(-n3c4ccccc4c4c5ccccc5ccc43)nc(-c3ccc(-c4ccccc4)cc3)c2=C1. The maximum atomic E-state index is 5.31. The molecule has 7 aromatic rings. The van der Waals surface area contributed by atoms with Gasteiger partial charge in [-0.25, -0.2) is 9.97 Å². The zero-order valence-electron chi connectivity index (χ0n) is 22.5. The van der Waals surface area contributed by atoms with E-state index < -0.39 is 0 Å². The Morgan fingerprint density at radius 1 is 0.550 bits per heavy atom. The van der Waals surface area contributed by atoms with Gasteiger partial charge in [0.2, 0.25) is 5.95 Å². The van der Waals surface area contributed by atoms with Gasteiger partial charge in [-0.15, -0.1) is 0 Å². The molecule has 0 radical (unpaired) electrons. The molecule has 3 nitrogen and oxygen atoms in total. The molecule has 0 atom stereocenters. The van der Waals surface area contributed by atoms with Crippen molar-refractivity contribution in [3.63, 3.8) is 0 Å². The van der Waals surface area contributed by atoms with Gasteiger partial charge >= 0.3 is 0 Å². The Hall–Kier alpha value is -5.02. The van der Waals surface area contributed by atoms with E-state index >= 15 is 0 Å². The van der Waals surface area contributed by atoms with Gasteiger partial charge in [0, 0.05) is 27.0 Å². The smallest absolute Gasteiger partial charge is 0.235 e. The van der Waals surface area contributed by atoms with Crippen LogP contribution in [0.3, 0.4) is 0 Å². The van der Waals surface area contributed by atoms with Crippen molar-refractivity contribution in [1.29, 1.82) is 0 Å². The summed E-state index contributed by atoms with van der Waals surface area (Å²) in [6, 6.07) is 40.9. The lowest BCUT2D eigenvalue weighted by Gasteiger charge is -2.10. The number of para-hydroxylation sites is 1. The number of nitrogens with zero attached hydrogens (tertiary/aromatic N) is 3. The molecule has 0 saturated heterocycles. The Morgan fingerprint density at radius 3 is 2.05 bits per heavy atom.